The molecule has 2 amide bonds. The molecule has 1 saturated heterocycles. The van der Waals surface area contributed by atoms with Gasteiger partial charge in [0.1, 0.15) is 23.8 Å². The average molecular weight is 385 g/mol. The predicted octanol–water partition coefficient (Wildman–Crippen LogP) is 0.0580. The van der Waals surface area contributed by atoms with Gasteiger partial charge in [0.2, 0.25) is 11.8 Å². The molecule has 0 saturated carbocycles. The lowest BCUT2D eigenvalue weighted by molar-refractivity contribution is -0.166. The monoisotopic (exact) mass is 385 g/mol. The quantitative estimate of drug-likeness (QED) is 0.665. The first-order chi connectivity index (χ1) is 12.2. The molecule has 9 nitrogen and oxygen atoms in total. The summed E-state index contributed by atoms with van der Waals surface area (Å²) in [5.41, 5.74) is 4.03. The predicted molar refractivity (Wildman–Crippen MR) is 97.4 cm³/mol. The van der Waals surface area contributed by atoms with Crippen molar-refractivity contribution in [3.8, 4) is 0 Å². The zero-order chi connectivity index (χ0) is 21.0. The van der Waals surface area contributed by atoms with Crippen molar-refractivity contribution in [3.63, 3.8) is 0 Å². The average Bonchev–Trinajstić information content (AvgIpc) is 2.47. The first kappa shape index (κ1) is 22.9. The molecule has 154 valence electrons. The number of carbonyl (C=O) groups is 4. The van der Waals surface area contributed by atoms with E-state index in [1.165, 1.54) is 9.80 Å². The van der Waals surface area contributed by atoms with E-state index in [4.69, 9.17) is 15.2 Å². The van der Waals surface area contributed by atoms with Gasteiger partial charge in [-0.2, -0.15) is 0 Å². The number of ether oxygens (including phenoxy) is 2. The Balaban J connectivity index is 2.91. The first-order valence-corrected chi connectivity index (χ1v) is 8.95. The fraction of sp³-hybridized carbons (Fsp3) is 0.778. The maximum Gasteiger partial charge on any atom is 0.326 e. The van der Waals surface area contributed by atoms with E-state index in [9.17, 15) is 19.2 Å². The summed E-state index contributed by atoms with van der Waals surface area (Å²) >= 11 is 0. The second-order valence-corrected chi connectivity index (χ2v) is 8.44. The topological polar surface area (TPSA) is 119 Å². The summed E-state index contributed by atoms with van der Waals surface area (Å²) in [7, 11) is 0. The minimum Gasteiger partial charge on any atom is -0.460 e. The van der Waals surface area contributed by atoms with Crippen molar-refractivity contribution < 1.29 is 28.7 Å². The van der Waals surface area contributed by atoms with Crippen molar-refractivity contribution >= 4 is 23.8 Å². The molecule has 1 fully saturated rings. The second kappa shape index (κ2) is 8.69. The number of carbonyl (C=O) groups excluding carboxylic acids is 4. The first-order valence-electron chi connectivity index (χ1n) is 8.95. The van der Waals surface area contributed by atoms with Crippen LogP contribution in [0.15, 0.2) is 0 Å². The number of nitrogens with two attached hydrogens (primary N) is 1. The van der Waals surface area contributed by atoms with Crippen molar-refractivity contribution in [2.75, 3.05) is 26.2 Å². The molecule has 0 aromatic carbocycles. The molecule has 1 heterocycles. The molecule has 2 N–H and O–H groups in total. The van der Waals surface area contributed by atoms with E-state index in [0.29, 0.717) is 0 Å². The molecule has 0 aromatic heterocycles. The fourth-order valence-corrected chi connectivity index (χ4v) is 2.68. The van der Waals surface area contributed by atoms with Gasteiger partial charge in [-0.25, -0.2) is 0 Å². The third-order valence-corrected chi connectivity index (χ3v) is 3.60. The fourth-order valence-electron chi connectivity index (χ4n) is 2.68. The highest BCUT2D eigenvalue weighted by atomic mass is 16.6. The van der Waals surface area contributed by atoms with Gasteiger partial charge in [0, 0.05) is 13.1 Å². The molecule has 0 unspecified atom stereocenters. The van der Waals surface area contributed by atoms with Crippen molar-refractivity contribution in [2.45, 2.75) is 65.2 Å². The highest BCUT2D eigenvalue weighted by Crippen LogP contribution is 2.18. The number of rotatable bonds is 5. The molecule has 27 heavy (non-hydrogen) atoms. The van der Waals surface area contributed by atoms with E-state index in [1.54, 1.807) is 41.5 Å². The minimum atomic E-state index is -1.05. The van der Waals surface area contributed by atoms with Gasteiger partial charge in [0.25, 0.3) is 0 Å². The summed E-state index contributed by atoms with van der Waals surface area (Å²) in [4.78, 5) is 51.7. The second-order valence-electron chi connectivity index (χ2n) is 8.44. The third kappa shape index (κ3) is 7.54. The molecule has 0 radical (unpaired) electrons. The molecule has 0 spiro atoms. The zero-order valence-corrected chi connectivity index (χ0v) is 17.0. The summed E-state index contributed by atoms with van der Waals surface area (Å²) < 4.78 is 10.5. The summed E-state index contributed by atoms with van der Waals surface area (Å²) in [6, 6.07) is -1.05. The zero-order valence-electron chi connectivity index (χ0n) is 17.0. The molecule has 1 aliphatic rings. The minimum absolute atomic E-state index is 0.161. The smallest absolute Gasteiger partial charge is 0.326 e. The van der Waals surface area contributed by atoms with Crippen LogP contribution in [-0.2, 0) is 28.7 Å². The molecule has 0 aliphatic carbocycles. The van der Waals surface area contributed by atoms with Crippen LogP contribution in [0.5, 0.6) is 0 Å². The van der Waals surface area contributed by atoms with Crippen LogP contribution in [-0.4, -0.2) is 77.0 Å². The highest BCUT2D eigenvalue weighted by molar-refractivity contribution is 5.94. The van der Waals surface area contributed by atoms with Gasteiger partial charge in [-0.3, -0.25) is 19.2 Å². The van der Waals surface area contributed by atoms with Crippen LogP contribution in [0, 0.1) is 0 Å². The summed E-state index contributed by atoms with van der Waals surface area (Å²) in [6.45, 7) is 10.2. The van der Waals surface area contributed by atoms with E-state index < -0.39 is 41.0 Å². The molecule has 1 rings (SSSR count). The van der Waals surface area contributed by atoms with Gasteiger partial charge < -0.3 is 25.0 Å². The van der Waals surface area contributed by atoms with Gasteiger partial charge in [-0.15, -0.1) is 0 Å². The van der Waals surface area contributed by atoms with E-state index in [2.05, 4.69) is 0 Å². The maximum absolute atomic E-state index is 12.8. The van der Waals surface area contributed by atoms with E-state index in [0.717, 1.165) is 0 Å². The maximum atomic E-state index is 12.8. The molecule has 0 bridgehead atoms. The molecule has 0 aromatic rings. The number of piperazine rings is 1. The summed E-state index contributed by atoms with van der Waals surface area (Å²) in [5.74, 6) is -2.09. The van der Waals surface area contributed by atoms with Crippen LogP contribution < -0.4 is 5.73 Å². The van der Waals surface area contributed by atoms with E-state index in [-0.39, 0.29) is 32.6 Å². The van der Waals surface area contributed by atoms with E-state index >= 15 is 0 Å². The Kier molecular flexibility index (Phi) is 7.36. The van der Waals surface area contributed by atoms with Crippen LogP contribution in [0.1, 0.15) is 48.0 Å². The molecular weight excluding hydrogens is 354 g/mol. The Bertz CT molecular complexity index is 591. The Morgan fingerprint density at radius 2 is 1.52 bits per heavy atom. The van der Waals surface area contributed by atoms with Gasteiger partial charge >= 0.3 is 11.9 Å². The van der Waals surface area contributed by atoms with Crippen LogP contribution in [0.25, 0.3) is 0 Å². The SMILES string of the molecule is CC(C)(C)OC(=O)C[C@H]1C(=O)N(CC(=O)OC(C)(C)C)CCN1C(=O)CN. The van der Waals surface area contributed by atoms with Gasteiger partial charge in [-0.1, -0.05) is 0 Å². The molecule has 9 heteroatoms. The normalized spacial score (nSPS) is 18.3. The van der Waals surface area contributed by atoms with Crippen molar-refractivity contribution in [1.29, 1.82) is 0 Å². The number of esters is 2. The van der Waals surface area contributed by atoms with Crippen molar-refractivity contribution in [1.82, 2.24) is 9.80 Å². The van der Waals surface area contributed by atoms with Crippen LogP contribution >= 0.6 is 0 Å². The van der Waals surface area contributed by atoms with Crippen LogP contribution in [0.4, 0.5) is 0 Å². The Labute approximate surface area is 160 Å². The Morgan fingerprint density at radius 1 is 1.00 bits per heavy atom. The lowest BCUT2D eigenvalue weighted by atomic mass is 10.1. The summed E-state index contributed by atoms with van der Waals surface area (Å²) in [5, 5.41) is 0. The highest BCUT2D eigenvalue weighted by Gasteiger charge is 2.40. The largest absolute Gasteiger partial charge is 0.460 e. The van der Waals surface area contributed by atoms with Gasteiger partial charge in [0.05, 0.1) is 13.0 Å². The molecule has 1 atom stereocenters. The van der Waals surface area contributed by atoms with Gasteiger partial charge in [0.15, 0.2) is 0 Å². The number of hydrogen-bond donors (Lipinski definition) is 1. The van der Waals surface area contributed by atoms with Gasteiger partial charge in [-0.05, 0) is 41.5 Å². The van der Waals surface area contributed by atoms with Crippen LogP contribution in [0.3, 0.4) is 0 Å². The Morgan fingerprint density at radius 3 is 2.00 bits per heavy atom. The van der Waals surface area contributed by atoms with E-state index in [1.807, 2.05) is 0 Å². The number of hydrogen-bond acceptors (Lipinski definition) is 7. The number of amides is 2. The summed E-state index contributed by atoms with van der Waals surface area (Å²) in [6.07, 6.45) is -0.299. The standard InChI is InChI=1S/C18H31N3O6/c1-17(2,3)26-14(23)9-12-16(25)20(7-8-21(12)13(22)10-19)11-15(24)27-18(4,5)6/h12H,7-11,19H2,1-6H3/t12-/m0/s1. The molecular formula is C18H31N3O6. The van der Waals surface area contributed by atoms with Crippen molar-refractivity contribution in [2.24, 2.45) is 5.73 Å². The lowest BCUT2D eigenvalue weighted by Gasteiger charge is -2.40. The van der Waals surface area contributed by atoms with Crippen molar-refractivity contribution in [3.05, 3.63) is 0 Å². The third-order valence-electron chi connectivity index (χ3n) is 3.60. The molecule has 1 aliphatic heterocycles. The lowest BCUT2D eigenvalue weighted by Crippen LogP contribution is -2.61. The Hall–Kier alpha value is -2.16. The van der Waals surface area contributed by atoms with Crippen LogP contribution in [0.2, 0.25) is 0 Å². The number of nitrogens with zero attached hydrogens (tertiary/aromatic N) is 2.